The van der Waals surface area contributed by atoms with Crippen LogP contribution < -0.4 is 5.32 Å². The van der Waals surface area contributed by atoms with Crippen molar-refractivity contribution in [2.75, 3.05) is 26.8 Å². The number of hydrogen-bond acceptors (Lipinski definition) is 4. The van der Waals surface area contributed by atoms with Crippen molar-refractivity contribution in [1.29, 1.82) is 0 Å². The highest BCUT2D eigenvalue weighted by Crippen LogP contribution is 2.22. The minimum Gasteiger partial charge on any atom is -0.388 e. The van der Waals surface area contributed by atoms with E-state index in [0.29, 0.717) is 32.6 Å². The summed E-state index contributed by atoms with van der Waals surface area (Å²) in [4.78, 5) is 14.2. The summed E-state index contributed by atoms with van der Waals surface area (Å²) in [7, 11) is 1.89. The van der Waals surface area contributed by atoms with Crippen LogP contribution in [-0.4, -0.2) is 59.9 Å². The Bertz CT molecular complexity index is 325. The molecule has 0 aromatic carbocycles. The number of aliphatic hydroxyl groups is 1. The second kappa shape index (κ2) is 6.87. The predicted molar refractivity (Wildman–Crippen MR) is 79.6 cm³/mol. The quantitative estimate of drug-likeness (QED) is 0.769. The van der Waals surface area contributed by atoms with Gasteiger partial charge in [-0.25, -0.2) is 0 Å². The highest BCUT2D eigenvalue weighted by atomic mass is 16.5. The van der Waals surface area contributed by atoms with E-state index in [0.717, 1.165) is 6.42 Å². The summed E-state index contributed by atoms with van der Waals surface area (Å²) in [5.74, 6) is 0.00927. The lowest BCUT2D eigenvalue weighted by Crippen LogP contribution is -2.54. The number of nitrogens with one attached hydrogen (secondary N) is 1. The van der Waals surface area contributed by atoms with Crippen LogP contribution >= 0.6 is 0 Å². The molecule has 0 radical (unpaired) electrons. The monoisotopic (exact) mass is 286 g/mol. The minimum absolute atomic E-state index is 0.00927. The molecule has 0 bridgehead atoms. The van der Waals surface area contributed by atoms with Crippen LogP contribution in [-0.2, 0) is 9.53 Å². The zero-order chi connectivity index (χ0) is 15.4. The number of nitrogens with zero attached hydrogens (tertiary/aromatic N) is 1. The Kier molecular flexibility index (Phi) is 5.98. The minimum atomic E-state index is -0.734. The first kappa shape index (κ1) is 17.4. The molecule has 1 unspecified atom stereocenters. The Hall–Kier alpha value is -0.650. The van der Waals surface area contributed by atoms with E-state index >= 15 is 0 Å². The lowest BCUT2D eigenvalue weighted by atomic mass is 9.93. The number of hydrogen-bond donors (Lipinski definition) is 2. The summed E-state index contributed by atoms with van der Waals surface area (Å²) >= 11 is 0. The van der Waals surface area contributed by atoms with Crippen LogP contribution in [0.25, 0.3) is 0 Å². The lowest BCUT2D eigenvalue weighted by molar-refractivity contribution is -0.129. The molecule has 0 spiro atoms. The van der Waals surface area contributed by atoms with Crippen molar-refractivity contribution in [3.05, 3.63) is 0 Å². The van der Waals surface area contributed by atoms with Crippen LogP contribution in [0.4, 0.5) is 0 Å². The summed E-state index contributed by atoms with van der Waals surface area (Å²) < 4.78 is 5.28. The third kappa shape index (κ3) is 5.04. The van der Waals surface area contributed by atoms with E-state index in [-0.39, 0.29) is 17.5 Å². The number of carbonyl (C=O) groups is 1. The predicted octanol–water partition coefficient (Wildman–Crippen LogP) is 1.15. The zero-order valence-corrected chi connectivity index (χ0v) is 13.5. The maximum absolute atomic E-state index is 12.2. The van der Waals surface area contributed by atoms with Gasteiger partial charge in [0.15, 0.2) is 0 Å². The number of amides is 1. The van der Waals surface area contributed by atoms with Gasteiger partial charge in [0, 0.05) is 38.1 Å². The normalized spacial score (nSPS) is 20.8. The van der Waals surface area contributed by atoms with Gasteiger partial charge in [-0.2, -0.15) is 0 Å². The molecule has 0 aromatic heterocycles. The average molecular weight is 286 g/mol. The summed E-state index contributed by atoms with van der Waals surface area (Å²) in [5.41, 5.74) is -0.927. The fraction of sp³-hybridized carbons (Fsp3) is 0.933. The molecular formula is C15H30N2O3. The van der Waals surface area contributed by atoms with Gasteiger partial charge in [0.05, 0.1) is 11.6 Å². The maximum Gasteiger partial charge on any atom is 0.237 e. The van der Waals surface area contributed by atoms with Crippen LogP contribution in [0.2, 0.25) is 0 Å². The summed E-state index contributed by atoms with van der Waals surface area (Å²) in [6.45, 7) is 9.65. The summed E-state index contributed by atoms with van der Waals surface area (Å²) in [6.07, 6.45) is 2.15. The molecule has 1 fully saturated rings. The highest BCUT2D eigenvalue weighted by molar-refractivity contribution is 5.81. The third-order valence-electron chi connectivity index (χ3n) is 4.35. The molecule has 1 amide bonds. The topological polar surface area (TPSA) is 61.8 Å². The van der Waals surface area contributed by atoms with Crippen molar-refractivity contribution in [3.63, 3.8) is 0 Å². The smallest absolute Gasteiger partial charge is 0.237 e. The van der Waals surface area contributed by atoms with Gasteiger partial charge in [-0.1, -0.05) is 6.92 Å². The largest absolute Gasteiger partial charge is 0.388 e. The van der Waals surface area contributed by atoms with Gasteiger partial charge in [0.25, 0.3) is 0 Å². The first-order valence-corrected chi connectivity index (χ1v) is 7.51. The summed E-state index contributed by atoms with van der Waals surface area (Å²) in [5, 5.41) is 13.5. The van der Waals surface area contributed by atoms with Gasteiger partial charge in [0.1, 0.15) is 0 Å². The van der Waals surface area contributed by atoms with Crippen molar-refractivity contribution < 1.29 is 14.6 Å². The molecule has 5 heteroatoms. The van der Waals surface area contributed by atoms with E-state index < -0.39 is 5.60 Å². The van der Waals surface area contributed by atoms with E-state index in [4.69, 9.17) is 4.74 Å². The number of rotatable bonds is 6. The van der Waals surface area contributed by atoms with Gasteiger partial charge in [0.2, 0.25) is 5.91 Å². The second-order valence-electron chi connectivity index (χ2n) is 6.65. The number of likely N-dealkylation sites (N-methyl/N-ethyl adjacent to an activating group) is 1. The van der Waals surface area contributed by atoms with Crippen LogP contribution in [0.5, 0.6) is 0 Å². The maximum atomic E-state index is 12.2. The fourth-order valence-electron chi connectivity index (χ4n) is 2.24. The van der Waals surface area contributed by atoms with E-state index in [1.807, 2.05) is 32.7 Å². The van der Waals surface area contributed by atoms with Crippen molar-refractivity contribution in [3.8, 4) is 0 Å². The molecule has 20 heavy (non-hydrogen) atoms. The van der Waals surface area contributed by atoms with Crippen molar-refractivity contribution in [1.82, 2.24) is 10.2 Å². The first-order chi connectivity index (χ1) is 9.19. The molecule has 0 aromatic rings. The van der Waals surface area contributed by atoms with E-state index in [1.54, 1.807) is 0 Å². The van der Waals surface area contributed by atoms with Gasteiger partial charge >= 0.3 is 0 Å². The molecule has 2 N–H and O–H groups in total. The molecular weight excluding hydrogens is 256 g/mol. The molecule has 1 heterocycles. The number of ether oxygens (including phenoxy) is 1. The van der Waals surface area contributed by atoms with Crippen molar-refractivity contribution in [2.24, 2.45) is 0 Å². The SMILES string of the molecule is CCC(C)(C)NC(=O)C(C)N(C)CC1(O)CCOCC1. The lowest BCUT2D eigenvalue weighted by Gasteiger charge is -2.38. The molecule has 1 rings (SSSR count). The Morgan fingerprint density at radius 1 is 1.45 bits per heavy atom. The Morgan fingerprint density at radius 2 is 2.00 bits per heavy atom. The molecule has 1 saturated heterocycles. The van der Waals surface area contributed by atoms with Crippen LogP contribution in [0, 0.1) is 0 Å². The Labute approximate surface area is 122 Å². The first-order valence-electron chi connectivity index (χ1n) is 7.51. The van der Waals surface area contributed by atoms with E-state index in [1.165, 1.54) is 0 Å². The zero-order valence-electron chi connectivity index (χ0n) is 13.5. The second-order valence-corrected chi connectivity index (χ2v) is 6.65. The van der Waals surface area contributed by atoms with Gasteiger partial charge in [-0.05, 0) is 34.2 Å². The molecule has 1 aliphatic heterocycles. The molecule has 5 nitrogen and oxygen atoms in total. The van der Waals surface area contributed by atoms with Gasteiger partial charge < -0.3 is 15.2 Å². The van der Waals surface area contributed by atoms with Crippen molar-refractivity contribution >= 4 is 5.91 Å². The van der Waals surface area contributed by atoms with Crippen molar-refractivity contribution in [2.45, 2.75) is 64.1 Å². The molecule has 0 saturated carbocycles. The number of carbonyl (C=O) groups excluding carboxylic acids is 1. The summed E-state index contributed by atoms with van der Waals surface area (Å²) in [6, 6.07) is -0.257. The Morgan fingerprint density at radius 3 is 2.50 bits per heavy atom. The van der Waals surface area contributed by atoms with E-state index in [9.17, 15) is 9.90 Å². The fourth-order valence-corrected chi connectivity index (χ4v) is 2.24. The van der Waals surface area contributed by atoms with Gasteiger partial charge in [-0.3, -0.25) is 9.69 Å². The average Bonchev–Trinajstić information content (AvgIpc) is 2.37. The van der Waals surface area contributed by atoms with E-state index in [2.05, 4.69) is 12.2 Å². The van der Waals surface area contributed by atoms with Crippen LogP contribution in [0.15, 0.2) is 0 Å². The molecule has 1 atom stereocenters. The molecule has 118 valence electrons. The van der Waals surface area contributed by atoms with Crippen LogP contribution in [0.3, 0.4) is 0 Å². The Balaban J connectivity index is 2.53. The molecule has 1 aliphatic rings. The van der Waals surface area contributed by atoms with Crippen LogP contribution in [0.1, 0.15) is 47.0 Å². The standard InChI is InChI=1S/C15H30N2O3/c1-6-14(3,4)16-13(18)12(2)17(5)11-15(19)7-9-20-10-8-15/h12,19H,6-11H2,1-5H3,(H,16,18). The molecule has 0 aliphatic carbocycles. The highest BCUT2D eigenvalue weighted by Gasteiger charge is 2.34. The van der Waals surface area contributed by atoms with Gasteiger partial charge in [-0.15, -0.1) is 0 Å². The third-order valence-corrected chi connectivity index (χ3v) is 4.35.